The van der Waals surface area contributed by atoms with Crippen LogP contribution in [-0.4, -0.2) is 29.3 Å². The number of rotatable bonds is 5. The van der Waals surface area contributed by atoms with Crippen molar-refractivity contribution in [1.29, 1.82) is 0 Å². The summed E-state index contributed by atoms with van der Waals surface area (Å²) < 4.78 is 5.12. The molecule has 1 fully saturated rings. The van der Waals surface area contributed by atoms with E-state index in [0.717, 1.165) is 32.1 Å². The highest BCUT2D eigenvalue weighted by Crippen LogP contribution is 2.36. The minimum atomic E-state index is -0.463. The highest BCUT2D eigenvalue weighted by Gasteiger charge is 2.33. The monoisotopic (exact) mass is 280 g/mol. The van der Waals surface area contributed by atoms with Crippen LogP contribution < -0.4 is 10.1 Å². The maximum absolute atomic E-state index is 11.1. The molecule has 0 bridgehead atoms. The molecular formula is C14H20N2O4. The molecule has 0 aromatic heterocycles. The van der Waals surface area contributed by atoms with Gasteiger partial charge in [-0.25, -0.2) is 0 Å². The van der Waals surface area contributed by atoms with Gasteiger partial charge in [-0.05, 0) is 18.9 Å². The van der Waals surface area contributed by atoms with E-state index in [-0.39, 0.29) is 12.3 Å². The van der Waals surface area contributed by atoms with Crippen LogP contribution in [0.4, 0.5) is 11.4 Å². The van der Waals surface area contributed by atoms with Crippen molar-refractivity contribution in [2.45, 2.75) is 37.6 Å². The fourth-order valence-corrected chi connectivity index (χ4v) is 2.74. The number of aliphatic hydroxyl groups excluding tert-OH is 1. The van der Waals surface area contributed by atoms with Crippen molar-refractivity contribution >= 4 is 11.4 Å². The molecule has 6 nitrogen and oxygen atoms in total. The van der Waals surface area contributed by atoms with Gasteiger partial charge in [0.25, 0.3) is 5.69 Å². The van der Waals surface area contributed by atoms with Crippen molar-refractivity contribution in [3.05, 3.63) is 28.3 Å². The standard InChI is InChI=1S/C14H20N2O4/c1-20-11-5-6-13(16(18)19)12(9-11)15-14(10-17)7-3-2-4-8-14/h5-6,9,15,17H,2-4,7-8,10H2,1H3. The van der Waals surface area contributed by atoms with Crippen LogP contribution >= 0.6 is 0 Å². The molecule has 2 N–H and O–H groups in total. The van der Waals surface area contributed by atoms with Crippen molar-refractivity contribution in [1.82, 2.24) is 0 Å². The molecule has 0 heterocycles. The van der Waals surface area contributed by atoms with E-state index >= 15 is 0 Å². The van der Waals surface area contributed by atoms with Crippen molar-refractivity contribution < 1.29 is 14.8 Å². The molecule has 1 aliphatic carbocycles. The summed E-state index contributed by atoms with van der Waals surface area (Å²) in [6.07, 6.45) is 4.82. The Labute approximate surface area is 117 Å². The third kappa shape index (κ3) is 3.01. The van der Waals surface area contributed by atoms with Crippen LogP contribution in [0.3, 0.4) is 0 Å². The van der Waals surface area contributed by atoms with Crippen LogP contribution in [0.5, 0.6) is 5.75 Å². The molecule has 1 aromatic carbocycles. The van der Waals surface area contributed by atoms with E-state index < -0.39 is 10.5 Å². The molecule has 0 saturated heterocycles. The first kappa shape index (κ1) is 14.6. The first-order valence-electron chi connectivity index (χ1n) is 6.82. The Kier molecular flexibility index (Phi) is 4.44. The Morgan fingerprint density at radius 2 is 2.10 bits per heavy atom. The van der Waals surface area contributed by atoms with Crippen molar-refractivity contribution in [3.63, 3.8) is 0 Å². The highest BCUT2D eigenvalue weighted by molar-refractivity contribution is 5.65. The first-order valence-corrected chi connectivity index (χ1v) is 6.82. The number of nitrogens with one attached hydrogen (secondary N) is 1. The zero-order chi connectivity index (χ0) is 14.6. The molecule has 0 unspecified atom stereocenters. The predicted octanol–water partition coefficient (Wildman–Crippen LogP) is 2.71. The zero-order valence-electron chi connectivity index (χ0n) is 11.6. The molecule has 0 radical (unpaired) electrons. The van der Waals surface area contributed by atoms with Crippen LogP contribution in [0.1, 0.15) is 32.1 Å². The summed E-state index contributed by atoms with van der Waals surface area (Å²) in [5.74, 6) is 0.557. The summed E-state index contributed by atoms with van der Waals surface area (Å²) in [4.78, 5) is 10.7. The van der Waals surface area contributed by atoms with Crippen LogP contribution in [0.25, 0.3) is 0 Å². The van der Waals surface area contributed by atoms with Gasteiger partial charge in [0.1, 0.15) is 11.4 Å². The molecule has 0 aliphatic heterocycles. The van der Waals surface area contributed by atoms with Gasteiger partial charge < -0.3 is 15.2 Å². The number of hydrogen-bond acceptors (Lipinski definition) is 5. The largest absolute Gasteiger partial charge is 0.497 e. The lowest BCUT2D eigenvalue weighted by molar-refractivity contribution is -0.384. The normalized spacial score (nSPS) is 17.5. The van der Waals surface area contributed by atoms with Crippen LogP contribution in [0.2, 0.25) is 0 Å². The van der Waals surface area contributed by atoms with Crippen molar-refractivity contribution in [3.8, 4) is 5.75 Å². The number of ether oxygens (including phenoxy) is 1. The van der Waals surface area contributed by atoms with E-state index in [0.29, 0.717) is 11.4 Å². The summed E-state index contributed by atoms with van der Waals surface area (Å²) in [5.41, 5.74) is -0.0513. The number of methoxy groups -OCH3 is 1. The molecule has 20 heavy (non-hydrogen) atoms. The van der Waals surface area contributed by atoms with Gasteiger partial charge in [-0.3, -0.25) is 10.1 Å². The Morgan fingerprint density at radius 1 is 1.40 bits per heavy atom. The number of benzene rings is 1. The molecular weight excluding hydrogens is 260 g/mol. The maximum Gasteiger partial charge on any atom is 0.292 e. The van der Waals surface area contributed by atoms with Gasteiger partial charge in [-0.15, -0.1) is 0 Å². The van der Waals surface area contributed by atoms with Crippen LogP contribution in [-0.2, 0) is 0 Å². The third-order valence-corrected chi connectivity index (χ3v) is 3.91. The summed E-state index contributed by atoms with van der Waals surface area (Å²) in [6.45, 7) is -0.0264. The molecule has 0 spiro atoms. The van der Waals surface area contributed by atoms with Gasteiger partial charge in [0.15, 0.2) is 0 Å². The number of anilines is 1. The van der Waals surface area contributed by atoms with E-state index in [1.165, 1.54) is 13.2 Å². The average Bonchev–Trinajstić information content (AvgIpc) is 2.47. The van der Waals surface area contributed by atoms with E-state index in [4.69, 9.17) is 4.74 Å². The fourth-order valence-electron chi connectivity index (χ4n) is 2.74. The minimum absolute atomic E-state index is 0.00389. The Bertz CT molecular complexity index is 484. The molecule has 0 amide bonds. The Hall–Kier alpha value is -1.82. The molecule has 1 aliphatic rings. The summed E-state index contributed by atoms with van der Waals surface area (Å²) >= 11 is 0. The summed E-state index contributed by atoms with van der Waals surface area (Å²) in [6, 6.07) is 4.61. The van der Waals surface area contributed by atoms with Crippen LogP contribution in [0, 0.1) is 10.1 Å². The van der Waals surface area contributed by atoms with Gasteiger partial charge >= 0.3 is 0 Å². The van der Waals surface area contributed by atoms with E-state index in [1.807, 2.05) is 0 Å². The lowest BCUT2D eigenvalue weighted by Crippen LogP contribution is -2.44. The van der Waals surface area contributed by atoms with Gasteiger partial charge in [0.05, 0.1) is 24.2 Å². The SMILES string of the molecule is COc1ccc([N+](=O)[O-])c(NC2(CO)CCCCC2)c1. The van der Waals surface area contributed by atoms with Crippen molar-refractivity contribution in [2.24, 2.45) is 0 Å². The third-order valence-electron chi connectivity index (χ3n) is 3.91. The Balaban J connectivity index is 2.32. The predicted molar refractivity (Wildman–Crippen MR) is 76.2 cm³/mol. The highest BCUT2D eigenvalue weighted by atomic mass is 16.6. The Morgan fingerprint density at radius 3 is 2.65 bits per heavy atom. The van der Waals surface area contributed by atoms with Gasteiger partial charge in [-0.1, -0.05) is 19.3 Å². The number of nitro benzene ring substituents is 1. The lowest BCUT2D eigenvalue weighted by Gasteiger charge is -2.37. The quantitative estimate of drug-likeness (QED) is 0.640. The van der Waals surface area contributed by atoms with E-state index in [2.05, 4.69) is 5.32 Å². The summed E-state index contributed by atoms with van der Waals surface area (Å²) in [5, 5.41) is 24.0. The van der Waals surface area contributed by atoms with E-state index in [9.17, 15) is 15.2 Å². The average molecular weight is 280 g/mol. The van der Waals surface area contributed by atoms with Gasteiger partial charge in [0, 0.05) is 12.1 Å². The molecule has 6 heteroatoms. The van der Waals surface area contributed by atoms with Crippen molar-refractivity contribution in [2.75, 3.05) is 19.0 Å². The smallest absolute Gasteiger partial charge is 0.292 e. The molecule has 1 aromatic rings. The van der Waals surface area contributed by atoms with Gasteiger partial charge in [0.2, 0.25) is 0 Å². The number of hydrogen-bond donors (Lipinski definition) is 2. The first-order chi connectivity index (χ1) is 9.60. The lowest BCUT2D eigenvalue weighted by atomic mass is 9.82. The molecule has 0 atom stereocenters. The second-order valence-corrected chi connectivity index (χ2v) is 5.26. The number of nitro groups is 1. The second kappa shape index (κ2) is 6.09. The number of aliphatic hydroxyl groups is 1. The topological polar surface area (TPSA) is 84.6 Å². The minimum Gasteiger partial charge on any atom is -0.497 e. The second-order valence-electron chi connectivity index (χ2n) is 5.26. The maximum atomic E-state index is 11.1. The summed E-state index contributed by atoms with van der Waals surface area (Å²) in [7, 11) is 1.52. The van der Waals surface area contributed by atoms with Crippen LogP contribution in [0.15, 0.2) is 18.2 Å². The van der Waals surface area contributed by atoms with E-state index in [1.54, 1.807) is 12.1 Å². The zero-order valence-corrected chi connectivity index (χ0v) is 11.6. The fraction of sp³-hybridized carbons (Fsp3) is 0.571. The molecule has 2 rings (SSSR count). The molecule has 110 valence electrons. The molecule has 1 saturated carbocycles. The number of nitrogens with zero attached hydrogens (tertiary/aromatic N) is 1. The van der Waals surface area contributed by atoms with Gasteiger partial charge in [-0.2, -0.15) is 0 Å².